The van der Waals surface area contributed by atoms with Crippen molar-refractivity contribution in [2.45, 2.75) is 38.8 Å². The van der Waals surface area contributed by atoms with Crippen molar-refractivity contribution in [3.63, 3.8) is 0 Å². The van der Waals surface area contributed by atoms with Gasteiger partial charge in [-0.15, -0.1) is 30.9 Å². The summed E-state index contributed by atoms with van der Waals surface area (Å²) in [7, 11) is 0. The molecule has 0 bridgehead atoms. The number of terminal acetylenes is 1. The number of carbonyl (C=O) groups excluding carboxylic acids is 2. The first kappa shape index (κ1) is 26.8. The fourth-order valence-electron chi connectivity index (χ4n) is 3.78. The van der Waals surface area contributed by atoms with Crippen LogP contribution in [0.1, 0.15) is 35.8 Å². The highest BCUT2D eigenvalue weighted by Crippen LogP contribution is 2.36. The van der Waals surface area contributed by atoms with Crippen molar-refractivity contribution in [1.29, 1.82) is 0 Å². The lowest BCUT2D eigenvalue weighted by molar-refractivity contribution is -0.274. The number of carbonyl (C=O) groups is 2. The van der Waals surface area contributed by atoms with E-state index < -0.39 is 41.9 Å². The summed E-state index contributed by atoms with van der Waals surface area (Å²) >= 11 is 1.01. The Morgan fingerprint density at radius 1 is 1.24 bits per heavy atom. The van der Waals surface area contributed by atoms with Crippen molar-refractivity contribution in [2.75, 3.05) is 16.3 Å². The number of anilines is 2. The Balaban J connectivity index is 1.80. The monoisotopic (exact) mass is 549 g/mol. The number of amides is 2. The Morgan fingerprint density at radius 3 is 2.53 bits per heavy atom. The van der Waals surface area contributed by atoms with Crippen molar-refractivity contribution in [2.24, 2.45) is 0 Å². The second-order valence-electron chi connectivity index (χ2n) is 8.23. The molecule has 38 heavy (non-hydrogen) atoms. The molecule has 0 aliphatic carbocycles. The van der Waals surface area contributed by atoms with Gasteiger partial charge in [-0.05, 0) is 26.2 Å². The van der Waals surface area contributed by atoms with Crippen LogP contribution in [0.25, 0.3) is 0 Å². The van der Waals surface area contributed by atoms with E-state index in [1.165, 1.54) is 11.4 Å². The zero-order chi connectivity index (χ0) is 27.6. The number of hydrogen-bond donors (Lipinski definition) is 0. The summed E-state index contributed by atoms with van der Waals surface area (Å²) in [5, 5.41) is 1.58. The largest absolute Gasteiger partial charge is 0.573 e. The zero-order valence-corrected chi connectivity index (χ0v) is 20.7. The third-order valence-corrected chi connectivity index (χ3v) is 5.92. The first-order valence-corrected chi connectivity index (χ1v) is 11.9. The van der Waals surface area contributed by atoms with Gasteiger partial charge in [-0.2, -0.15) is 0 Å². The van der Waals surface area contributed by atoms with Gasteiger partial charge in [0.2, 0.25) is 5.95 Å². The third-order valence-electron chi connectivity index (χ3n) is 5.15. The van der Waals surface area contributed by atoms with Crippen molar-refractivity contribution < 1.29 is 36.6 Å². The molecule has 1 aliphatic heterocycles. The van der Waals surface area contributed by atoms with Gasteiger partial charge in [0.05, 0.1) is 24.2 Å². The van der Waals surface area contributed by atoms with Gasteiger partial charge < -0.3 is 9.47 Å². The highest BCUT2D eigenvalue weighted by Gasteiger charge is 2.42. The fourth-order valence-corrected chi connectivity index (χ4v) is 4.37. The van der Waals surface area contributed by atoms with E-state index in [4.69, 9.17) is 11.2 Å². The maximum absolute atomic E-state index is 13.7. The summed E-state index contributed by atoms with van der Waals surface area (Å²) in [5.41, 5.74) is -0.219. The average Bonchev–Trinajstić information content (AvgIpc) is 3.45. The maximum Gasteiger partial charge on any atom is 0.573 e. The van der Waals surface area contributed by atoms with Gasteiger partial charge in [0.1, 0.15) is 23.2 Å². The molecule has 2 amide bonds. The standard InChI is InChI=1S/C24H19F4N5O4S/c1-4-20-31-18(12-38-20)21(34)33(19-5-6-32(22(19)35)23-29-10-14(25)11-30-23)15-7-16(36-13(2)3)9-17(8-15)37-24(26,27)28/h1,7-13,19H,5-6H2,2-3H3. The van der Waals surface area contributed by atoms with Crippen LogP contribution in [-0.2, 0) is 4.79 Å². The van der Waals surface area contributed by atoms with E-state index in [0.29, 0.717) is 0 Å². The molecule has 9 nitrogen and oxygen atoms in total. The van der Waals surface area contributed by atoms with Gasteiger partial charge in [0, 0.05) is 30.1 Å². The van der Waals surface area contributed by atoms with Gasteiger partial charge in [-0.25, -0.2) is 19.3 Å². The van der Waals surface area contributed by atoms with Crippen LogP contribution in [0.2, 0.25) is 0 Å². The van der Waals surface area contributed by atoms with Crippen LogP contribution in [0.5, 0.6) is 11.5 Å². The number of benzene rings is 1. The molecule has 4 rings (SSSR count). The van der Waals surface area contributed by atoms with Crippen LogP contribution in [-0.4, -0.2) is 51.8 Å². The van der Waals surface area contributed by atoms with E-state index >= 15 is 0 Å². The molecule has 1 saturated heterocycles. The van der Waals surface area contributed by atoms with Crippen LogP contribution in [0.3, 0.4) is 0 Å². The minimum absolute atomic E-state index is 0.0266. The van der Waals surface area contributed by atoms with E-state index in [1.54, 1.807) is 13.8 Å². The van der Waals surface area contributed by atoms with Crippen molar-refractivity contribution in [3.05, 3.63) is 52.5 Å². The van der Waals surface area contributed by atoms with Crippen LogP contribution in [0.15, 0.2) is 36.0 Å². The molecule has 198 valence electrons. The first-order valence-electron chi connectivity index (χ1n) is 11.1. The second kappa shape index (κ2) is 10.6. The van der Waals surface area contributed by atoms with Crippen molar-refractivity contribution >= 4 is 34.8 Å². The predicted molar refractivity (Wildman–Crippen MR) is 128 cm³/mol. The Hall–Kier alpha value is -4.25. The summed E-state index contributed by atoms with van der Waals surface area (Å²) in [6, 6.07) is 2.12. The highest BCUT2D eigenvalue weighted by molar-refractivity contribution is 7.10. The summed E-state index contributed by atoms with van der Waals surface area (Å²) in [6.45, 7) is 3.38. The lowest BCUT2D eigenvalue weighted by Crippen LogP contribution is -2.46. The molecular formula is C24H19F4N5O4S. The summed E-state index contributed by atoms with van der Waals surface area (Å²) < 4.78 is 62.3. The minimum Gasteiger partial charge on any atom is -0.491 e. The quantitative estimate of drug-likeness (QED) is 0.322. The number of nitrogens with zero attached hydrogens (tertiary/aromatic N) is 5. The van der Waals surface area contributed by atoms with Gasteiger partial charge >= 0.3 is 6.36 Å². The molecule has 1 aromatic carbocycles. The first-order chi connectivity index (χ1) is 17.9. The molecule has 14 heteroatoms. The normalized spacial score (nSPS) is 15.5. The molecule has 3 heterocycles. The molecule has 2 aromatic heterocycles. The summed E-state index contributed by atoms with van der Waals surface area (Å²) in [6.07, 6.45) is 1.74. The molecule has 0 saturated carbocycles. The number of hydrogen-bond acceptors (Lipinski definition) is 8. The maximum atomic E-state index is 13.7. The average molecular weight is 550 g/mol. The Kier molecular flexibility index (Phi) is 7.49. The van der Waals surface area contributed by atoms with E-state index in [1.807, 2.05) is 0 Å². The summed E-state index contributed by atoms with van der Waals surface area (Å²) in [5.74, 6) is -0.597. The Morgan fingerprint density at radius 2 is 1.92 bits per heavy atom. The number of alkyl halides is 3. The molecule has 1 unspecified atom stereocenters. The van der Waals surface area contributed by atoms with Gasteiger partial charge in [-0.1, -0.05) is 0 Å². The van der Waals surface area contributed by atoms with Gasteiger partial charge in [0.15, 0.2) is 10.8 Å². The van der Waals surface area contributed by atoms with E-state index in [-0.39, 0.29) is 41.1 Å². The smallest absolute Gasteiger partial charge is 0.491 e. The van der Waals surface area contributed by atoms with Crippen LogP contribution < -0.4 is 19.3 Å². The number of ether oxygens (including phenoxy) is 2. The van der Waals surface area contributed by atoms with Gasteiger partial charge in [-0.3, -0.25) is 19.4 Å². The molecule has 0 radical (unpaired) electrons. The lowest BCUT2D eigenvalue weighted by atomic mass is 10.1. The molecule has 0 spiro atoms. The molecular weight excluding hydrogens is 530 g/mol. The number of aromatic nitrogens is 3. The SMILES string of the molecule is C#Cc1nc(C(=O)N(c2cc(OC(C)C)cc(OC(F)(F)F)c2)C2CCN(c3ncc(F)cn3)C2=O)cs1. The molecule has 1 aliphatic rings. The molecule has 1 fully saturated rings. The van der Waals surface area contributed by atoms with E-state index in [2.05, 4.69) is 25.6 Å². The lowest BCUT2D eigenvalue weighted by Gasteiger charge is -2.28. The highest BCUT2D eigenvalue weighted by atomic mass is 32.1. The Bertz CT molecular complexity index is 1390. The van der Waals surface area contributed by atoms with E-state index in [0.717, 1.165) is 45.7 Å². The van der Waals surface area contributed by atoms with Crippen LogP contribution in [0, 0.1) is 18.2 Å². The zero-order valence-electron chi connectivity index (χ0n) is 19.9. The molecule has 0 N–H and O–H groups in total. The molecule has 1 atom stereocenters. The fraction of sp³-hybridized carbons (Fsp3) is 0.292. The topological polar surface area (TPSA) is 97.8 Å². The third kappa shape index (κ3) is 6.00. The van der Waals surface area contributed by atoms with Crippen LogP contribution >= 0.6 is 11.3 Å². The number of halogens is 4. The van der Waals surface area contributed by atoms with E-state index in [9.17, 15) is 27.2 Å². The summed E-state index contributed by atoms with van der Waals surface area (Å²) in [4.78, 5) is 41.0. The van der Waals surface area contributed by atoms with Crippen molar-refractivity contribution in [3.8, 4) is 23.8 Å². The van der Waals surface area contributed by atoms with Gasteiger partial charge in [0.25, 0.3) is 11.8 Å². The second-order valence-corrected chi connectivity index (χ2v) is 9.09. The predicted octanol–water partition coefficient (Wildman–Crippen LogP) is 4.19. The molecule has 3 aromatic rings. The van der Waals surface area contributed by atoms with Crippen molar-refractivity contribution in [1.82, 2.24) is 15.0 Å². The van der Waals surface area contributed by atoms with Crippen LogP contribution in [0.4, 0.5) is 29.2 Å². The number of thiazole rings is 1. The Labute approximate surface area is 218 Å². The minimum atomic E-state index is -5.03. The number of rotatable bonds is 7.